The highest BCUT2D eigenvalue weighted by Gasteiger charge is 2.20. The molecule has 1 aliphatic rings. The molecule has 1 aromatic heterocycles. The van der Waals surface area contributed by atoms with Crippen LogP contribution < -0.4 is 5.32 Å². The largest absolute Gasteiger partial charge is 0.508 e. The van der Waals surface area contributed by atoms with Crippen LogP contribution in [0.5, 0.6) is 5.75 Å². The molecule has 2 N–H and O–H groups in total. The number of amides is 1. The molecule has 0 spiro atoms. The zero-order chi connectivity index (χ0) is 14.7. The second-order valence-electron chi connectivity index (χ2n) is 5.64. The fourth-order valence-corrected chi connectivity index (χ4v) is 2.87. The molecule has 3 rings (SSSR count). The first kappa shape index (κ1) is 13.9. The average molecular weight is 288 g/mol. The molecule has 0 atom stereocenters. The highest BCUT2D eigenvalue weighted by atomic mass is 16.3. The third-order valence-electron chi connectivity index (χ3n) is 4.03. The smallest absolute Gasteiger partial charge is 0.223 e. The molecule has 0 radical (unpaired) electrons. The SMILES string of the molecule is O=C(NCCc1nc2ccc(O)cc2o1)C1CCCCC1. The van der Waals surface area contributed by atoms with Gasteiger partial charge in [-0.3, -0.25) is 4.79 Å². The Morgan fingerprint density at radius 1 is 1.33 bits per heavy atom. The lowest BCUT2D eigenvalue weighted by molar-refractivity contribution is -0.125. The molecule has 21 heavy (non-hydrogen) atoms. The van der Waals surface area contributed by atoms with Crippen molar-refractivity contribution in [2.45, 2.75) is 38.5 Å². The summed E-state index contributed by atoms with van der Waals surface area (Å²) in [4.78, 5) is 16.3. The summed E-state index contributed by atoms with van der Waals surface area (Å²) < 4.78 is 5.55. The number of hydrogen-bond acceptors (Lipinski definition) is 4. The van der Waals surface area contributed by atoms with E-state index < -0.39 is 0 Å². The molecule has 5 nitrogen and oxygen atoms in total. The van der Waals surface area contributed by atoms with Crippen LogP contribution in [0, 0.1) is 5.92 Å². The molecule has 1 saturated carbocycles. The summed E-state index contributed by atoms with van der Waals surface area (Å²) in [6, 6.07) is 4.85. The number of hydrogen-bond donors (Lipinski definition) is 2. The van der Waals surface area contributed by atoms with Crippen LogP contribution in [-0.2, 0) is 11.2 Å². The first-order chi connectivity index (χ1) is 10.2. The summed E-state index contributed by atoms with van der Waals surface area (Å²) in [5.41, 5.74) is 1.30. The van der Waals surface area contributed by atoms with Crippen molar-refractivity contribution in [1.82, 2.24) is 10.3 Å². The Balaban J connectivity index is 1.53. The van der Waals surface area contributed by atoms with Crippen LogP contribution in [0.25, 0.3) is 11.1 Å². The molecule has 0 aliphatic heterocycles. The fraction of sp³-hybridized carbons (Fsp3) is 0.500. The Labute approximate surface area is 123 Å². The highest BCUT2D eigenvalue weighted by molar-refractivity contribution is 5.78. The van der Waals surface area contributed by atoms with Gasteiger partial charge in [0.25, 0.3) is 0 Å². The van der Waals surface area contributed by atoms with E-state index in [0.717, 1.165) is 31.2 Å². The maximum Gasteiger partial charge on any atom is 0.223 e. The fourth-order valence-electron chi connectivity index (χ4n) is 2.87. The topological polar surface area (TPSA) is 75.4 Å². The molecular weight excluding hydrogens is 268 g/mol. The van der Waals surface area contributed by atoms with E-state index in [1.165, 1.54) is 6.42 Å². The molecule has 0 unspecified atom stereocenters. The third-order valence-corrected chi connectivity index (χ3v) is 4.03. The van der Waals surface area contributed by atoms with Crippen LogP contribution >= 0.6 is 0 Å². The maximum atomic E-state index is 12.0. The quantitative estimate of drug-likeness (QED) is 0.907. The monoisotopic (exact) mass is 288 g/mol. The van der Waals surface area contributed by atoms with Crippen molar-refractivity contribution in [2.24, 2.45) is 5.92 Å². The molecule has 5 heteroatoms. The number of nitrogens with zero attached hydrogens (tertiary/aromatic N) is 1. The summed E-state index contributed by atoms with van der Waals surface area (Å²) >= 11 is 0. The first-order valence-electron chi connectivity index (χ1n) is 7.58. The van der Waals surface area contributed by atoms with E-state index in [2.05, 4.69) is 10.3 Å². The van der Waals surface area contributed by atoms with Crippen LogP contribution in [0.4, 0.5) is 0 Å². The van der Waals surface area contributed by atoms with Crippen LogP contribution in [0.1, 0.15) is 38.0 Å². The van der Waals surface area contributed by atoms with Gasteiger partial charge in [-0.1, -0.05) is 19.3 Å². The van der Waals surface area contributed by atoms with Crippen molar-refractivity contribution < 1.29 is 14.3 Å². The molecule has 0 bridgehead atoms. The molecule has 1 amide bonds. The van der Waals surface area contributed by atoms with Gasteiger partial charge in [-0.2, -0.15) is 0 Å². The summed E-state index contributed by atoms with van der Waals surface area (Å²) in [6.07, 6.45) is 6.15. The molecule has 112 valence electrons. The van der Waals surface area contributed by atoms with Gasteiger partial charge in [-0.25, -0.2) is 4.98 Å². The van der Waals surface area contributed by atoms with E-state index in [9.17, 15) is 9.90 Å². The van der Waals surface area contributed by atoms with Crippen molar-refractivity contribution in [3.8, 4) is 5.75 Å². The van der Waals surface area contributed by atoms with Gasteiger partial charge in [0, 0.05) is 24.9 Å². The number of phenolic OH excluding ortho intramolecular Hbond substituents is 1. The standard InChI is InChI=1S/C16H20N2O3/c19-12-6-7-13-14(10-12)21-15(18-13)8-9-17-16(20)11-4-2-1-3-5-11/h6-7,10-11,19H,1-5,8-9H2,(H,17,20). The van der Waals surface area contributed by atoms with Crippen molar-refractivity contribution >= 4 is 17.0 Å². The molecule has 1 heterocycles. The van der Waals surface area contributed by atoms with Crippen LogP contribution in [0.3, 0.4) is 0 Å². The van der Waals surface area contributed by atoms with E-state index in [1.54, 1.807) is 18.2 Å². The summed E-state index contributed by atoms with van der Waals surface area (Å²) in [6.45, 7) is 0.536. The molecule has 1 aliphatic carbocycles. The zero-order valence-electron chi connectivity index (χ0n) is 12.0. The second-order valence-corrected chi connectivity index (χ2v) is 5.64. The minimum absolute atomic E-state index is 0.156. The van der Waals surface area contributed by atoms with Crippen molar-refractivity contribution in [3.05, 3.63) is 24.1 Å². The molecule has 0 saturated heterocycles. The number of carbonyl (C=O) groups excluding carboxylic acids is 1. The van der Waals surface area contributed by atoms with Gasteiger partial charge in [0.1, 0.15) is 11.3 Å². The number of rotatable bonds is 4. The van der Waals surface area contributed by atoms with Crippen molar-refractivity contribution in [2.75, 3.05) is 6.54 Å². The predicted octanol–water partition coefficient (Wildman–Crippen LogP) is 2.77. The number of nitrogens with one attached hydrogen (secondary N) is 1. The van der Waals surface area contributed by atoms with Gasteiger partial charge in [0.05, 0.1) is 0 Å². The van der Waals surface area contributed by atoms with Gasteiger partial charge in [-0.05, 0) is 25.0 Å². The van der Waals surface area contributed by atoms with Crippen molar-refractivity contribution in [1.29, 1.82) is 0 Å². The Morgan fingerprint density at radius 3 is 2.95 bits per heavy atom. The number of aromatic nitrogens is 1. The number of benzene rings is 1. The number of aromatic hydroxyl groups is 1. The van der Waals surface area contributed by atoms with E-state index in [4.69, 9.17) is 4.42 Å². The molecule has 2 aromatic rings. The first-order valence-corrected chi connectivity index (χ1v) is 7.58. The Hall–Kier alpha value is -2.04. The van der Waals surface area contributed by atoms with E-state index in [0.29, 0.717) is 24.4 Å². The minimum Gasteiger partial charge on any atom is -0.508 e. The minimum atomic E-state index is 0.156. The van der Waals surface area contributed by atoms with Crippen LogP contribution in [-0.4, -0.2) is 22.5 Å². The van der Waals surface area contributed by atoms with Gasteiger partial charge in [0.2, 0.25) is 5.91 Å². The van der Waals surface area contributed by atoms with Gasteiger partial charge in [0.15, 0.2) is 11.5 Å². The van der Waals surface area contributed by atoms with E-state index in [-0.39, 0.29) is 17.6 Å². The maximum absolute atomic E-state index is 12.0. The number of phenols is 1. The second kappa shape index (κ2) is 6.16. The number of fused-ring (bicyclic) bond motifs is 1. The third kappa shape index (κ3) is 3.35. The lowest BCUT2D eigenvalue weighted by Gasteiger charge is -2.20. The lowest BCUT2D eigenvalue weighted by Crippen LogP contribution is -2.33. The van der Waals surface area contributed by atoms with E-state index in [1.807, 2.05) is 0 Å². The lowest BCUT2D eigenvalue weighted by atomic mass is 9.89. The number of carbonyl (C=O) groups is 1. The summed E-state index contributed by atoms with van der Waals surface area (Å²) in [7, 11) is 0. The van der Waals surface area contributed by atoms with Crippen molar-refractivity contribution in [3.63, 3.8) is 0 Å². The van der Waals surface area contributed by atoms with Crippen LogP contribution in [0.2, 0.25) is 0 Å². The molecular formula is C16H20N2O3. The van der Waals surface area contributed by atoms with Crippen LogP contribution in [0.15, 0.2) is 22.6 Å². The zero-order valence-corrected chi connectivity index (χ0v) is 12.0. The van der Waals surface area contributed by atoms with Gasteiger partial charge in [-0.15, -0.1) is 0 Å². The average Bonchev–Trinajstić information content (AvgIpc) is 2.89. The molecule has 1 aromatic carbocycles. The highest BCUT2D eigenvalue weighted by Crippen LogP contribution is 2.23. The normalized spacial score (nSPS) is 16.2. The summed E-state index contributed by atoms with van der Waals surface area (Å²) in [5.74, 6) is 1.08. The molecule has 1 fully saturated rings. The summed E-state index contributed by atoms with van der Waals surface area (Å²) in [5, 5.41) is 12.4. The Kier molecular flexibility index (Phi) is 4.08. The Morgan fingerprint density at radius 2 is 2.14 bits per heavy atom. The van der Waals surface area contributed by atoms with Gasteiger partial charge >= 0.3 is 0 Å². The number of oxazole rings is 1. The van der Waals surface area contributed by atoms with Gasteiger partial charge < -0.3 is 14.8 Å². The predicted molar refractivity (Wildman–Crippen MR) is 79.0 cm³/mol. The Bertz CT molecular complexity index is 629. The van der Waals surface area contributed by atoms with E-state index >= 15 is 0 Å².